The summed E-state index contributed by atoms with van der Waals surface area (Å²) in [5.41, 5.74) is 11.3. The van der Waals surface area contributed by atoms with Gasteiger partial charge in [0, 0.05) is 48.0 Å². The molecule has 0 aliphatic carbocycles. The average Bonchev–Trinajstić information content (AvgIpc) is 3.62. The van der Waals surface area contributed by atoms with Crippen molar-refractivity contribution in [2.75, 3.05) is 5.73 Å². The molecular formula is C29H24N8O. The summed E-state index contributed by atoms with van der Waals surface area (Å²) in [5.74, 6) is 6.33. The Morgan fingerprint density at radius 3 is 2.71 bits per heavy atom. The molecule has 0 saturated heterocycles. The minimum Gasteiger partial charge on any atom is -0.381 e. The zero-order chi connectivity index (χ0) is 26.2. The highest BCUT2D eigenvalue weighted by atomic mass is 16.1. The van der Waals surface area contributed by atoms with Crippen LogP contribution in [-0.2, 0) is 7.05 Å². The zero-order valence-corrected chi connectivity index (χ0v) is 20.8. The molecule has 2 aromatic carbocycles. The lowest BCUT2D eigenvalue weighted by molar-refractivity contribution is 0.0941. The maximum atomic E-state index is 13.4. The molecule has 3 N–H and O–H groups in total. The summed E-state index contributed by atoms with van der Waals surface area (Å²) in [5, 5.41) is 12.5. The maximum absolute atomic E-state index is 13.4. The summed E-state index contributed by atoms with van der Waals surface area (Å²) in [6.45, 7) is 1.95. The Bertz CT molecular complexity index is 1870. The summed E-state index contributed by atoms with van der Waals surface area (Å²) in [7, 11) is 1.87. The number of aromatic nitrogens is 6. The van der Waals surface area contributed by atoms with Gasteiger partial charge in [-0.25, -0.2) is 9.50 Å². The number of amides is 1. The monoisotopic (exact) mass is 500 g/mol. The van der Waals surface area contributed by atoms with E-state index in [1.807, 2.05) is 62.6 Å². The normalized spacial score (nSPS) is 11.8. The Hall–Kier alpha value is -5.36. The van der Waals surface area contributed by atoms with E-state index >= 15 is 0 Å². The van der Waals surface area contributed by atoms with Gasteiger partial charge in [0.25, 0.3) is 5.91 Å². The van der Waals surface area contributed by atoms with Gasteiger partial charge in [-0.15, -0.1) is 5.10 Å². The summed E-state index contributed by atoms with van der Waals surface area (Å²) in [6.07, 6.45) is 6.94. The van der Waals surface area contributed by atoms with Crippen molar-refractivity contribution in [1.29, 1.82) is 0 Å². The van der Waals surface area contributed by atoms with Crippen LogP contribution in [-0.4, -0.2) is 34.9 Å². The Balaban J connectivity index is 1.45. The van der Waals surface area contributed by atoms with Gasteiger partial charge in [0.05, 0.1) is 23.3 Å². The molecule has 9 heteroatoms. The van der Waals surface area contributed by atoms with E-state index in [2.05, 4.69) is 49.0 Å². The van der Waals surface area contributed by atoms with Crippen LogP contribution in [0.1, 0.15) is 40.1 Å². The first-order valence-corrected chi connectivity index (χ1v) is 12.1. The van der Waals surface area contributed by atoms with Gasteiger partial charge in [0.2, 0.25) is 0 Å². The quantitative estimate of drug-likeness (QED) is 0.357. The fourth-order valence-electron chi connectivity index (χ4n) is 4.64. The third-order valence-electron chi connectivity index (χ3n) is 6.35. The van der Waals surface area contributed by atoms with E-state index in [0.717, 1.165) is 33.4 Å². The first kappa shape index (κ1) is 23.1. The van der Waals surface area contributed by atoms with Crippen LogP contribution in [0.4, 0.5) is 5.82 Å². The van der Waals surface area contributed by atoms with Crippen LogP contribution in [0.25, 0.3) is 22.2 Å². The lowest BCUT2D eigenvalue weighted by Crippen LogP contribution is -2.28. The number of rotatable bonds is 4. The van der Waals surface area contributed by atoms with Gasteiger partial charge in [-0.2, -0.15) is 5.10 Å². The van der Waals surface area contributed by atoms with Crippen molar-refractivity contribution in [3.05, 3.63) is 108 Å². The highest BCUT2D eigenvalue weighted by Gasteiger charge is 2.24. The molecule has 0 fully saturated rings. The SMILES string of the molecule is C[C@H](NC(=O)c1c(N)nn2cccnc12)c1cc2cccc(C#Cc3cnn(C)c3)c2n1-c1ccccc1. The van der Waals surface area contributed by atoms with Crippen LogP contribution in [0.15, 0.2) is 85.5 Å². The zero-order valence-electron chi connectivity index (χ0n) is 20.8. The van der Waals surface area contributed by atoms with Gasteiger partial charge in [-0.3, -0.25) is 9.48 Å². The predicted octanol–water partition coefficient (Wildman–Crippen LogP) is 3.88. The molecule has 0 bridgehead atoms. The molecule has 6 aromatic rings. The molecule has 186 valence electrons. The number of carbonyl (C=O) groups is 1. The third kappa shape index (κ3) is 4.04. The number of hydrogen-bond donors (Lipinski definition) is 2. The lowest BCUT2D eigenvalue weighted by Gasteiger charge is -2.18. The van der Waals surface area contributed by atoms with E-state index in [-0.39, 0.29) is 23.3 Å². The van der Waals surface area contributed by atoms with Gasteiger partial charge in [-0.1, -0.05) is 42.2 Å². The van der Waals surface area contributed by atoms with Crippen LogP contribution in [0.2, 0.25) is 0 Å². The summed E-state index contributed by atoms with van der Waals surface area (Å²) in [4.78, 5) is 17.7. The summed E-state index contributed by atoms with van der Waals surface area (Å²) in [6, 6.07) is 19.5. The van der Waals surface area contributed by atoms with Crippen molar-refractivity contribution in [3.8, 4) is 17.5 Å². The number of nitrogens with one attached hydrogen (secondary N) is 1. The molecule has 0 radical (unpaired) electrons. The fourth-order valence-corrected chi connectivity index (χ4v) is 4.64. The third-order valence-corrected chi connectivity index (χ3v) is 6.35. The number of anilines is 1. The average molecular weight is 501 g/mol. The molecule has 4 heterocycles. The number of benzene rings is 2. The van der Waals surface area contributed by atoms with E-state index in [9.17, 15) is 4.79 Å². The Labute approximate surface area is 218 Å². The number of nitrogen functional groups attached to an aromatic ring is 1. The second-order valence-corrected chi connectivity index (χ2v) is 8.98. The Morgan fingerprint density at radius 1 is 1.08 bits per heavy atom. The van der Waals surface area contributed by atoms with E-state index in [1.54, 1.807) is 29.3 Å². The molecule has 0 unspecified atom stereocenters. The summed E-state index contributed by atoms with van der Waals surface area (Å²) < 4.78 is 5.38. The van der Waals surface area contributed by atoms with E-state index in [4.69, 9.17) is 5.73 Å². The molecule has 4 aromatic heterocycles. The van der Waals surface area contributed by atoms with E-state index < -0.39 is 0 Å². The van der Waals surface area contributed by atoms with Crippen molar-refractivity contribution in [3.63, 3.8) is 0 Å². The smallest absolute Gasteiger partial charge is 0.259 e. The van der Waals surface area contributed by atoms with Crippen LogP contribution in [0, 0.1) is 11.8 Å². The van der Waals surface area contributed by atoms with Gasteiger partial charge in [0.1, 0.15) is 5.56 Å². The highest BCUT2D eigenvalue weighted by molar-refractivity contribution is 6.04. The standard InChI is InChI=1S/C29H24N8O/c1-19(33-29(38)25-27(30)34-36-15-7-14-31-28(25)36)24-16-22-9-6-8-21(13-12-20-17-32-35(2)18-20)26(22)37(24)23-10-4-3-5-11-23/h3-11,14-19H,1-2H3,(H2,30,34)(H,33,38)/t19-/m0/s1. The highest BCUT2D eigenvalue weighted by Crippen LogP contribution is 2.31. The van der Waals surface area contributed by atoms with E-state index in [1.165, 1.54) is 4.52 Å². The second kappa shape index (κ2) is 9.26. The molecule has 9 nitrogen and oxygen atoms in total. The van der Waals surface area contributed by atoms with Gasteiger partial charge in [0.15, 0.2) is 11.5 Å². The van der Waals surface area contributed by atoms with E-state index in [0.29, 0.717) is 5.65 Å². The van der Waals surface area contributed by atoms with Gasteiger partial charge in [-0.05, 0) is 37.3 Å². The van der Waals surface area contributed by atoms with Crippen molar-refractivity contribution in [2.24, 2.45) is 7.05 Å². The maximum Gasteiger partial charge on any atom is 0.259 e. The van der Waals surface area contributed by atoms with Crippen LogP contribution < -0.4 is 11.1 Å². The minimum atomic E-state index is -0.368. The minimum absolute atomic E-state index is 0.130. The van der Waals surface area contributed by atoms with Crippen molar-refractivity contribution < 1.29 is 4.79 Å². The van der Waals surface area contributed by atoms with Crippen LogP contribution in [0.5, 0.6) is 0 Å². The Kier molecular flexibility index (Phi) is 5.62. The summed E-state index contributed by atoms with van der Waals surface area (Å²) >= 11 is 0. The van der Waals surface area contributed by atoms with Crippen molar-refractivity contribution in [1.82, 2.24) is 34.3 Å². The first-order valence-electron chi connectivity index (χ1n) is 12.1. The number of para-hydroxylation sites is 2. The molecule has 6 rings (SSSR count). The molecule has 1 amide bonds. The molecule has 1 atom stereocenters. The van der Waals surface area contributed by atoms with Crippen LogP contribution in [0.3, 0.4) is 0 Å². The number of aryl methyl sites for hydroxylation is 1. The Morgan fingerprint density at radius 2 is 1.92 bits per heavy atom. The number of hydrogen-bond acceptors (Lipinski definition) is 5. The number of fused-ring (bicyclic) bond motifs is 2. The van der Waals surface area contributed by atoms with Crippen LogP contribution >= 0.6 is 0 Å². The number of nitrogens with two attached hydrogens (primary N) is 1. The van der Waals surface area contributed by atoms with Crippen molar-refractivity contribution >= 4 is 28.3 Å². The molecule has 0 aliphatic rings. The lowest BCUT2D eigenvalue weighted by atomic mass is 10.1. The molecule has 38 heavy (non-hydrogen) atoms. The van der Waals surface area contributed by atoms with Crippen molar-refractivity contribution in [2.45, 2.75) is 13.0 Å². The van der Waals surface area contributed by atoms with Gasteiger partial charge < -0.3 is 15.6 Å². The molecule has 0 aliphatic heterocycles. The fraction of sp³-hybridized carbons (Fsp3) is 0.103. The molecule has 0 saturated carbocycles. The van der Waals surface area contributed by atoms with Gasteiger partial charge >= 0.3 is 0 Å². The molecule has 0 spiro atoms. The molecular weight excluding hydrogens is 476 g/mol. The largest absolute Gasteiger partial charge is 0.381 e. The number of nitrogens with zero attached hydrogens (tertiary/aromatic N) is 6. The topological polar surface area (TPSA) is 108 Å². The predicted molar refractivity (Wildman–Crippen MR) is 146 cm³/mol. The first-order chi connectivity index (χ1) is 18.5. The second-order valence-electron chi connectivity index (χ2n) is 8.98. The number of carbonyl (C=O) groups excluding carboxylic acids is 1.